The van der Waals surface area contributed by atoms with E-state index >= 15 is 0 Å². The van der Waals surface area contributed by atoms with Crippen molar-refractivity contribution in [2.24, 2.45) is 0 Å². The van der Waals surface area contributed by atoms with E-state index in [0.717, 1.165) is 22.4 Å². The highest BCUT2D eigenvalue weighted by atomic mass is 79.9. The largest absolute Gasteiger partial charge is 0.237 e. The predicted octanol–water partition coefficient (Wildman–Crippen LogP) is 3.35. The summed E-state index contributed by atoms with van der Waals surface area (Å²) in [6, 6.07) is 10.2. The van der Waals surface area contributed by atoms with Crippen LogP contribution in [0.5, 0.6) is 0 Å². The fourth-order valence-corrected chi connectivity index (χ4v) is 1.70. The van der Waals surface area contributed by atoms with E-state index in [1.165, 1.54) is 5.56 Å². The van der Waals surface area contributed by atoms with Gasteiger partial charge in [0.2, 0.25) is 0 Å². The van der Waals surface area contributed by atoms with Crippen molar-refractivity contribution in [1.82, 2.24) is 9.97 Å². The summed E-state index contributed by atoms with van der Waals surface area (Å²) in [5.41, 5.74) is 3.30. The fourth-order valence-electron chi connectivity index (χ4n) is 1.33. The molecule has 0 saturated carbocycles. The Balaban J connectivity index is 2.37. The van der Waals surface area contributed by atoms with E-state index < -0.39 is 0 Å². The maximum Gasteiger partial charge on any atom is 0.159 e. The van der Waals surface area contributed by atoms with E-state index in [1.54, 1.807) is 6.20 Å². The van der Waals surface area contributed by atoms with Gasteiger partial charge in [0, 0.05) is 22.8 Å². The molecule has 2 nitrogen and oxygen atoms in total. The lowest BCUT2D eigenvalue weighted by molar-refractivity contribution is 1.11. The lowest BCUT2D eigenvalue weighted by Crippen LogP contribution is -1.90. The van der Waals surface area contributed by atoms with Crippen LogP contribution < -0.4 is 0 Å². The first-order valence-corrected chi connectivity index (χ1v) is 5.86. The van der Waals surface area contributed by atoms with Crippen LogP contribution in [-0.2, 0) is 5.33 Å². The molecule has 0 aliphatic heterocycles. The molecule has 0 aliphatic carbocycles. The number of halogens is 1. The van der Waals surface area contributed by atoms with E-state index in [-0.39, 0.29) is 0 Å². The van der Waals surface area contributed by atoms with Gasteiger partial charge in [0.25, 0.3) is 0 Å². The summed E-state index contributed by atoms with van der Waals surface area (Å²) in [7, 11) is 0. The summed E-state index contributed by atoms with van der Waals surface area (Å²) in [5.74, 6) is 0.788. The SMILES string of the molecule is Cc1ccnc(-c2ccc(CBr)cc2)n1. The zero-order valence-corrected chi connectivity index (χ0v) is 10.0. The molecule has 3 heteroatoms. The number of alkyl halides is 1. The van der Waals surface area contributed by atoms with Crippen LogP contribution in [-0.4, -0.2) is 9.97 Å². The molecule has 0 bridgehead atoms. The lowest BCUT2D eigenvalue weighted by atomic mass is 10.1. The first-order chi connectivity index (χ1) is 7.29. The second-order valence-corrected chi connectivity index (χ2v) is 3.91. The minimum absolute atomic E-state index is 0.788. The molecule has 15 heavy (non-hydrogen) atoms. The lowest BCUT2D eigenvalue weighted by Gasteiger charge is -2.01. The molecule has 0 amide bonds. The van der Waals surface area contributed by atoms with Crippen molar-refractivity contribution in [3.63, 3.8) is 0 Å². The average Bonchev–Trinajstić information content (AvgIpc) is 2.29. The van der Waals surface area contributed by atoms with Crippen LogP contribution in [0.15, 0.2) is 36.5 Å². The Morgan fingerprint density at radius 3 is 2.47 bits per heavy atom. The first-order valence-electron chi connectivity index (χ1n) is 4.74. The van der Waals surface area contributed by atoms with Crippen molar-refractivity contribution in [3.8, 4) is 11.4 Å². The van der Waals surface area contributed by atoms with Crippen LogP contribution in [0, 0.1) is 6.92 Å². The number of rotatable bonds is 2. The Bertz CT molecular complexity index is 451. The Hall–Kier alpha value is -1.22. The molecule has 0 saturated heterocycles. The van der Waals surface area contributed by atoms with E-state index in [4.69, 9.17) is 0 Å². The van der Waals surface area contributed by atoms with Gasteiger partial charge in [0.1, 0.15) is 0 Å². The minimum atomic E-state index is 0.788. The predicted molar refractivity (Wildman–Crippen MR) is 64.8 cm³/mol. The third-order valence-electron chi connectivity index (χ3n) is 2.16. The van der Waals surface area contributed by atoms with Gasteiger partial charge in [0.15, 0.2) is 5.82 Å². The molecule has 76 valence electrons. The first kappa shape index (κ1) is 10.3. The Labute approximate surface area is 97.5 Å². The van der Waals surface area contributed by atoms with Crippen molar-refractivity contribution in [3.05, 3.63) is 47.8 Å². The van der Waals surface area contributed by atoms with Gasteiger partial charge in [-0.25, -0.2) is 9.97 Å². The van der Waals surface area contributed by atoms with E-state index in [9.17, 15) is 0 Å². The van der Waals surface area contributed by atoms with Crippen molar-refractivity contribution in [1.29, 1.82) is 0 Å². The van der Waals surface area contributed by atoms with Crippen LogP contribution >= 0.6 is 15.9 Å². The summed E-state index contributed by atoms with van der Waals surface area (Å²) in [6.07, 6.45) is 1.79. The molecule has 0 atom stereocenters. The fraction of sp³-hybridized carbons (Fsp3) is 0.167. The topological polar surface area (TPSA) is 25.8 Å². The number of hydrogen-bond donors (Lipinski definition) is 0. The molecule has 1 heterocycles. The van der Waals surface area contributed by atoms with Gasteiger partial charge in [-0.05, 0) is 18.6 Å². The molecule has 0 radical (unpaired) electrons. The maximum absolute atomic E-state index is 4.38. The third kappa shape index (κ3) is 2.42. The zero-order valence-electron chi connectivity index (χ0n) is 8.44. The average molecular weight is 263 g/mol. The summed E-state index contributed by atoms with van der Waals surface area (Å²) < 4.78 is 0. The Kier molecular flexibility index (Phi) is 3.11. The quantitative estimate of drug-likeness (QED) is 0.776. The number of hydrogen-bond acceptors (Lipinski definition) is 2. The van der Waals surface area contributed by atoms with Crippen molar-refractivity contribution < 1.29 is 0 Å². The van der Waals surface area contributed by atoms with Crippen molar-refractivity contribution >= 4 is 15.9 Å². The number of aryl methyl sites for hydroxylation is 1. The molecule has 0 unspecified atom stereocenters. The monoisotopic (exact) mass is 262 g/mol. The Morgan fingerprint density at radius 1 is 1.13 bits per heavy atom. The Morgan fingerprint density at radius 2 is 1.87 bits per heavy atom. The molecule has 0 aliphatic rings. The number of aromatic nitrogens is 2. The molecule has 1 aromatic carbocycles. The van der Waals surface area contributed by atoms with Gasteiger partial charge >= 0.3 is 0 Å². The second kappa shape index (κ2) is 4.53. The normalized spacial score (nSPS) is 10.3. The highest BCUT2D eigenvalue weighted by Gasteiger charge is 2.00. The van der Waals surface area contributed by atoms with Crippen molar-refractivity contribution in [2.45, 2.75) is 12.3 Å². The van der Waals surface area contributed by atoms with E-state index in [1.807, 2.05) is 25.1 Å². The van der Waals surface area contributed by atoms with Crippen LogP contribution in [0.2, 0.25) is 0 Å². The molecular formula is C12H11BrN2. The van der Waals surface area contributed by atoms with E-state index in [2.05, 4.69) is 38.0 Å². The zero-order chi connectivity index (χ0) is 10.7. The highest BCUT2D eigenvalue weighted by Crippen LogP contribution is 2.16. The molecule has 2 rings (SSSR count). The molecule has 0 fully saturated rings. The highest BCUT2D eigenvalue weighted by molar-refractivity contribution is 9.08. The van der Waals surface area contributed by atoms with Crippen LogP contribution in [0.4, 0.5) is 0 Å². The summed E-state index contributed by atoms with van der Waals surface area (Å²) in [4.78, 5) is 8.62. The summed E-state index contributed by atoms with van der Waals surface area (Å²) in [5, 5.41) is 0.877. The van der Waals surface area contributed by atoms with Gasteiger partial charge in [-0.1, -0.05) is 40.2 Å². The van der Waals surface area contributed by atoms with Gasteiger partial charge in [0.05, 0.1) is 0 Å². The van der Waals surface area contributed by atoms with Crippen LogP contribution in [0.25, 0.3) is 11.4 Å². The molecule has 2 aromatic rings. The van der Waals surface area contributed by atoms with Gasteiger partial charge in [-0.3, -0.25) is 0 Å². The van der Waals surface area contributed by atoms with Gasteiger partial charge in [-0.15, -0.1) is 0 Å². The van der Waals surface area contributed by atoms with Crippen LogP contribution in [0.3, 0.4) is 0 Å². The van der Waals surface area contributed by atoms with Crippen molar-refractivity contribution in [2.75, 3.05) is 0 Å². The minimum Gasteiger partial charge on any atom is -0.237 e. The smallest absolute Gasteiger partial charge is 0.159 e. The standard InChI is InChI=1S/C12H11BrN2/c1-9-6-7-14-12(15-9)11-4-2-10(8-13)3-5-11/h2-7H,8H2,1H3. The third-order valence-corrected chi connectivity index (χ3v) is 2.81. The summed E-state index contributed by atoms with van der Waals surface area (Å²) >= 11 is 3.42. The van der Waals surface area contributed by atoms with E-state index in [0.29, 0.717) is 0 Å². The molecule has 1 aromatic heterocycles. The maximum atomic E-state index is 4.38. The van der Waals surface area contributed by atoms with Crippen LogP contribution in [0.1, 0.15) is 11.3 Å². The summed E-state index contributed by atoms with van der Waals surface area (Å²) in [6.45, 7) is 1.97. The number of benzene rings is 1. The van der Waals surface area contributed by atoms with Gasteiger partial charge in [-0.2, -0.15) is 0 Å². The molecule has 0 spiro atoms. The molecule has 0 N–H and O–H groups in total. The second-order valence-electron chi connectivity index (χ2n) is 3.35. The number of nitrogens with zero attached hydrogens (tertiary/aromatic N) is 2. The molecular weight excluding hydrogens is 252 g/mol. The van der Waals surface area contributed by atoms with Gasteiger partial charge < -0.3 is 0 Å².